The topological polar surface area (TPSA) is 47.3 Å². The van der Waals surface area contributed by atoms with E-state index in [0.29, 0.717) is 6.61 Å². The van der Waals surface area contributed by atoms with Gasteiger partial charge in [-0.1, -0.05) is 49.4 Å². The maximum atomic E-state index is 5.71. The third-order valence-corrected chi connectivity index (χ3v) is 3.41. The molecule has 3 nitrogen and oxygen atoms in total. The zero-order valence-corrected chi connectivity index (χ0v) is 11.9. The summed E-state index contributed by atoms with van der Waals surface area (Å²) in [4.78, 5) is 0. The van der Waals surface area contributed by atoms with Crippen molar-refractivity contribution < 1.29 is 4.74 Å². The molecule has 20 heavy (non-hydrogen) atoms. The molecule has 0 aromatic heterocycles. The molecule has 106 valence electrons. The van der Waals surface area contributed by atoms with Gasteiger partial charge in [0.2, 0.25) is 0 Å². The monoisotopic (exact) mass is 270 g/mol. The van der Waals surface area contributed by atoms with Crippen molar-refractivity contribution in [3.63, 3.8) is 0 Å². The molecular formula is C17H22N2O. The molecule has 3 heteroatoms. The van der Waals surface area contributed by atoms with E-state index < -0.39 is 0 Å². The minimum absolute atomic E-state index is 0.115. The molecule has 2 aromatic rings. The van der Waals surface area contributed by atoms with Gasteiger partial charge in [-0.15, -0.1) is 0 Å². The maximum absolute atomic E-state index is 5.71. The number of para-hydroxylation sites is 1. The van der Waals surface area contributed by atoms with Gasteiger partial charge in [0, 0.05) is 12.5 Å². The molecule has 1 atom stereocenters. The second-order valence-corrected chi connectivity index (χ2v) is 4.76. The summed E-state index contributed by atoms with van der Waals surface area (Å²) >= 11 is 0. The Morgan fingerprint density at radius 1 is 1.05 bits per heavy atom. The molecule has 3 N–H and O–H groups in total. The Morgan fingerprint density at radius 2 is 1.75 bits per heavy atom. The van der Waals surface area contributed by atoms with E-state index in [1.807, 2.05) is 30.3 Å². The van der Waals surface area contributed by atoms with Crippen molar-refractivity contribution in [2.45, 2.75) is 25.8 Å². The highest BCUT2D eigenvalue weighted by Gasteiger charge is 2.09. The lowest BCUT2D eigenvalue weighted by Crippen LogP contribution is -2.29. The largest absolute Gasteiger partial charge is 0.494 e. The van der Waals surface area contributed by atoms with Gasteiger partial charge in [0.15, 0.2) is 0 Å². The summed E-state index contributed by atoms with van der Waals surface area (Å²) in [6.07, 6.45) is 1.88. The molecule has 0 saturated carbocycles. The van der Waals surface area contributed by atoms with E-state index in [-0.39, 0.29) is 6.04 Å². The van der Waals surface area contributed by atoms with E-state index in [1.165, 1.54) is 11.1 Å². The molecule has 1 unspecified atom stereocenters. The highest BCUT2D eigenvalue weighted by atomic mass is 16.5. The number of nitrogens with one attached hydrogen (secondary N) is 1. The summed E-state index contributed by atoms with van der Waals surface area (Å²) in [5.74, 6) is 6.54. The zero-order chi connectivity index (χ0) is 14.2. The lowest BCUT2D eigenvalue weighted by atomic mass is 10.0. The molecular weight excluding hydrogens is 248 g/mol. The first-order valence-corrected chi connectivity index (χ1v) is 7.06. The summed E-state index contributed by atoms with van der Waals surface area (Å²) in [5.41, 5.74) is 5.40. The molecule has 2 rings (SSSR count). The van der Waals surface area contributed by atoms with Crippen LogP contribution in [0.15, 0.2) is 54.6 Å². The van der Waals surface area contributed by atoms with Gasteiger partial charge in [0.25, 0.3) is 0 Å². The molecule has 0 aliphatic heterocycles. The van der Waals surface area contributed by atoms with Crippen LogP contribution in [-0.4, -0.2) is 6.61 Å². The van der Waals surface area contributed by atoms with E-state index in [0.717, 1.165) is 18.6 Å². The Morgan fingerprint density at radius 3 is 2.35 bits per heavy atom. The van der Waals surface area contributed by atoms with Crippen LogP contribution >= 0.6 is 0 Å². The van der Waals surface area contributed by atoms with Gasteiger partial charge >= 0.3 is 0 Å². The average molecular weight is 270 g/mol. The second kappa shape index (κ2) is 7.68. The average Bonchev–Trinajstić information content (AvgIpc) is 2.53. The van der Waals surface area contributed by atoms with Gasteiger partial charge in [-0.3, -0.25) is 11.3 Å². The first-order chi connectivity index (χ1) is 9.83. The highest BCUT2D eigenvalue weighted by Crippen LogP contribution is 2.18. The van der Waals surface area contributed by atoms with Gasteiger partial charge in [-0.25, -0.2) is 0 Å². The molecule has 0 heterocycles. The van der Waals surface area contributed by atoms with Gasteiger partial charge in [-0.05, 0) is 29.7 Å². The van der Waals surface area contributed by atoms with Crippen LogP contribution in [0, 0.1) is 0 Å². The summed E-state index contributed by atoms with van der Waals surface area (Å²) in [7, 11) is 0. The predicted molar refractivity (Wildman–Crippen MR) is 82.4 cm³/mol. The highest BCUT2D eigenvalue weighted by molar-refractivity contribution is 5.25. The van der Waals surface area contributed by atoms with E-state index in [4.69, 9.17) is 10.6 Å². The molecule has 0 aliphatic rings. The van der Waals surface area contributed by atoms with Crippen molar-refractivity contribution >= 4 is 0 Å². The molecule has 0 spiro atoms. The van der Waals surface area contributed by atoms with Crippen LogP contribution in [0.5, 0.6) is 5.75 Å². The Balaban J connectivity index is 1.88. The Kier molecular flexibility index (Phi) is 5.59. The summed E-state index contributed by atoms with van der Waals surface area (Å²) in [6.45, 7) is 2.79. The van der Waals surface area contributed by atoms with Crippen molar-refractivity contribution in [2.24, 2.45) is 5.84 Å². The lowest BCUT2D eigenvalue weighted by molar-refractivity contribution is 0.287. The minimum atomic E-state index is 0.115. The lowest BCUT2D eigenvalue weighted by Gasteiger charge is -2.17. The maximum Gasteiger partial charge on any atom is 0.119 e. The van der Waals surface area contributed by atoms with Crippen LogP contribution in [-0.2, 0) is 6.42 Å². The van der Waals surface area contributed by atoms with Crippen molar-refractivity contribution in [1.29, 1.82) is 0 Å². The number of hydrogen-bond donors (Lipinski definition) is 2. The number of aryl methyl sites for hydroxylation is 1. The molecule has 0 fully saturated rings. The fourth-order valence-corrected chi connectivity index (χ4v) is 2.14. The fraction of sp³-hybridized carbons (Fsp3) is 0.294. The third kappa shape index (κ3) is 4.08. The second-order valence-electron chi connectivity index (χ2n) is 4.76. The van der Waals surface area contributed by atoms with Crippen molar-refractivity contribution in [2.75, 3.05) is 6.61 Å². The number of hydrogen-bond acceptors (Lipinski definition) is 3. The van der Waals surface area contributed by atoms with Gasteiger partial charge in [0.05, 0.1) is 6.61 Å². The standard InChI is InChI=1S/C17H22N2O/c1-2-14-8-10-15(11-9-14)17(19-18)12-13-20-16-6-4-3-5-7-16/h3-11,17,19H,2,12-13,18H2,1H3. The van der Waals surface area contributed by atoms with E-state index >= 15 is 0 Å². The number of hydrazine groups is 1. The molecule has 0 saturated heterocycles. The number of rotatable bonds is 7. The molecule has 0 amide bonds. The summed E-state index contributed by atoms with van der Waals surface area (Å²) in [5, 5.41) is 0. The SMILES string of the molecule is CCc1ccc(C(CCOc2ccccc2)NN)cc1. The molecule has 0 bridgehead atoms. The normalized spacial score (nSPS) is 12.1. The van der Waals surface area contributed by atoms with E-state index in [2.05, 4.69) is 36.6 Å². The Hall–Kier alpha value is -1.84. The quantitative estimate of drug-likeness (QED) is 0.600. The minimum Gasteiger partial charge on any atom is -0.494 e. The Labute approximate surface area is 120 Å². The molecule has 0 radical (unpaired) electrons. The third-order valence-electron chi connectivity index (χ3n) is 3.41. The number of benzene rings is 2. The summed E-state index contributed by atoms with van der Waals surface area (Å²) in [6, 6.07) is 18.5. The molecule has 2 aromatic carbocycles. The Bertz CT molecular complexity index is 496. The van der Waals surface area contributed by atoms with E-state index in [9.17, 15) is 0 Å². The summed E-state index contributed by atoms with van der Waals surface area (Å²) < 4.78 is 5.71. The van der Waals surface area contributed by atoms with Crippen molar-refractivity contribution in [1.82, 2.24) is 5.43 Å². The molecule has 0 aliphatic carbocycles. The first kappa shape index (κ1) is 14.6. The predicted octanol–water partition coefficient (Wildman–Crippen LogP) is 3.22. The number of ether oxygens (including phenoxy) is 1. The van der Waals surface area contributed by atoms with Crippen LogP contribution in [0.1, 0.15) is 30.5 Å². The zero-order valence-electron chi connectivity index (χ0n) is 11.9. The van der Waals surface area contributed by atoms with Crippen LogP contribution in [0.2, 0.25) is 0 Å². The van der Waals surface area contributed by atoms with Crippen molar-refractivity contribution in [3.05, 3.63) is 65.7 Å². The van der Waals surface area contributed by atoms with Crippen LogP contribution in [0.25, 0.3) is 0 Å². The van der Waals surface area contributed by atoms with Crippen LogP contribution < -0.4 is 16.0 Å². The first-order valence-electron chi connectivity index (χ1n) is 7.06. The van der Waals surface area contributed by atoms with Gasteiger partial charge in [-0.2, -0.15) is 0 Å². The fourth-order valence-electron chi connectivity index (χ4n) is 2.14. The van der Waals surface area contributed by atoms with E-state index in [1.54, 1.807) is 0 Å². The van der Waals surface area contributed by atoms with Gasteiger partial charge < -0.3 is 4.74 Å². The van der Waals surface area contributed by atoms with Crippen molar-refractivity contribution in [3.8, 4) is 5.75 Å². The van der Waals surface area contributed by atoms with Gasteiger partial charge in [0.1, 0.15) is 5.75 Å². The smallest absolute Gasteiger partial charge is 0.119 e. The van der Waals surface area contributed by atoms with Crippen LogP contribution in [0.4, 0.5) is 0 Å². The van der Waals surface area contributed by atoms with Crippen LogP contribution in [0.3, 0.4) is 0 Å². The number of nitrogens with two attached hydrogens (primary N) is 1.